The zero-order chi connectivity index (χ0) is 19.8. The van der Waals surface area contributed by atoms with Crippen molar-refractivity contribution in [2.45, 2.75) is 51.2 Å². The lowest BCUT2D eigenvalue weighted by Crippen LogP contribution is -2.37. The standard InChI is InChI=1S/C22H24FN3O2/c1-3-20(27)25-22-17-12-24-11-16(15(17)6-7-18(22)23)13-4-8-19-14(10-13)5-9-21(28)26(19)2/h4,8,10-12,18,22H,3,5-7,9H2,1-2H3,(H,25,27)/t18-,22-/m1/s1. The van der Waals surface area contributed by atoms with E-state index in [2.05, 4.69) is 16.4 Å². The second-order valence-corrected chi connectivity index (χ2v) is 7.50. The van der Waals surface area contributed by atoms with Crippen LogP contribution in [0.2, 0.25) is 0 Å². The number of aromatic nitrogens is 1. The van der Waals surface area contributed by atoms with Crippen LogP contribution in [0.1, 0.15) is 48.9 Å². The van der Waals surface area contributed by atoms with Crippen molar-refractivity contribution < 1.29 is 14.0 Å². The Morgan fingerprint density at radius 2 is 2.11 bits per heavy atom. The quantitative estimate of drug-likeness (QED) is 0.885. The average Bonchev–Trinajstić information content (AvgIpc) is 2.72. The van der Waals surface area contributed by atoms with Crippen LogP contribution in [0, 0.1) is 0 Å². The summed E-state index contributed by atoms with van der Waals surface area (Å²) in [5.41, 5.74) is 5.88. The smallest absolute Gasteiger partial charge is 0.227 e. The average molecular weight is 381 g/mol. The maximum Gasteiger partial charge on any atom is 0.227 e. The summed E-state index contributed by atoms with van der Waals surface area (Å²) in [6.45, 7) is 1.76. The van der Waals surface area contributed by atoms with Crippen molar-refractivity contribution in [2.24, 2.45) is 0 Å². The van der Waals surface area contributed by atoms with Gasteiger partial charge in [0.1, 0.15) is 6.17 Å². The third kappa shape index (κ3) is 3.17. The molecule has 1 aromatic heterocycles. The summed E-state index contributed by atoms with van der Waals surface area (Å²) in [4.78, 5) is 29.9. The Balaban J connectivity index is 1.75. The number of amides is 2. The highest BCUT2D eigenvalue weighted by Crippen LogP contribution is 2.39. The normalized spacial score (nSPS) is 21.1. The van der Waals surface area contributed by atoms with Gasteiger partial charge in [-0.3, -0.25) is 14.6 Å². The fraction of sp³-hybridized carbons (Fsp3) is 0.409. The third-order valence-electron chi connectivity index (χ3n) is 5.83. The number of fused-ring (bicyclic) bond motifs is 2. The SMILES string of the molecule is CCC(=O)N[C@@H]1c2cncc(-c3ccc4c(c3)CCC(=O)N4C)c2CC[C@H]1F. The van der Waals surface area contributed by atoms with Gasteiger partial charge in [0.15, 0.2) is 0 Å². The number of carbonyl (C=O) groups excluding carboxylic acids is 2. The second kappa shape index (κ2) is 7.34. The molecule has 0 bridgehead atoms. The van der Waals surface area contributed by atoms with Gasteiger partial charge in [0.2, 0.25) is 11.8 Å². The highest BCUT2D eigenvalue weighted by atomic mass is 19.1. The topological polar surface area (TPSA) is 62.3 Å². The lowest BCUT2D eigenvalue weighted by atomic mass is 9.83. The molecule has 5 nitrogen and oxygen atoms in total. The molecule has 0 saturated carbocycles. The van der Waals surface area contributed by atoms with E-state index in [4.69, 9.17) is 0 Å². The minimum atomic E-state index is -1.11. The van der Waals surface area contributed by atoms with E-state index in [0.29, 0.717) is 25.7 Å². The van der Waals surface area contributed by atoms with Crippen molar-refractivity contribution in [2.75, 3.05) is 11.9 Å². The zero-order valence-corrected chi connectivity index (χ0v) is 16.2. The van der Waals surface area contributed by atoms with Crippen LogP contribution in [-0.4, -0.2) is 30.0 Å². The lowest BCUT2D eigenvalue weighted by molar-refractivity contribution is -0.122. The largest absolute Gasteiger partial charge is 0.346 e. The monoisotopic (exact) mass is 381 g/mol. The number of benzene rings is 1. The number of anilines is 1. The first-order valence-corrected chi connectivity index (χ1v) is 9.79. The predicted octanol–water partition coefficient (Wildman–Crippen LogP) is 3.51. The van der Waals surface area contributed by atoms with Crippen LogP contribution < -0.4 is 10.2 Å². The molecule has 2 heterocycles. The molecule has 1 N–H and O–H groups in total. The van der Waals surface area contributed by atoms with E-state index >= 15 is 0 Å². The van der Waals surface area contributed by atoms with Crippen molar-refractivity contribution >= 4 is 17.5 Å². The van der Waals surface area contributed by atoms with Crippen LogP contribution >= 0.6 is 0 Å². The Labute approximate surface area is 164 Å². The summed E-state index contributed by atoms with van der Waals surface area (Å²) in [7, 11) is 1.80. The van der Waals surface area contributed by atoms with Gasteiger partial charge >= 0.3 is 0 Å². The number of hydrogen-bond acceptors (Lipinski definition) is 3. The van der Waals surface area contributed by atoms with Gasteiger partial charge in [-0.05, 0) is 53.6 Å². The minimum absolute atomic E-state index is 0.127. The van der Waals surface area contributed by atoms with Crippen LogP contribution in [0.5, 0.6) is 0 Å². The number of halogens is 1. The molecule has 28 heavy (non-hydrogen) atoms. The summed E-state index contributed by atoms with van der Waals surface area (Å²) < 4.78 is 14.6. The van der Waals surface area contributed by atoms with Gasteiger partial charge in [-0.1, -0.05) is 13.0 Å². The zero-order valence-electron chi connectivity index (χ0n) is 16.2. The Kier molecular flexibility index (Phi) is 4.87. The fourth-order valence-electron chi connectivity index (χ4n) is 4.21. The Morgan fingerprint density at radius 3 is 2.89 bits per heavy atom. The fourth-order valence-corrected chi connectivity index (χ4v) is 4.21. The predicted molar refractivity (Wildman–Crippen MR) is 106 cm³/mol. The third-order valence-corrected chi connectivity index (χ3v) is 5.83. The van der Waals surface area contributed by atoms with Crippen LogP contribution in [0.15, 0.2) is 30.6 Å². The Bertz CT molecular complexity index is 943. The van der Waals surface area contributed by atoms with Gasteiger partial charge in [0.05, 0.1) is 6.04 Å². The Morgan fingerprint density at radius 1 is 1.29 bits per heavy atom. The minimum Gasteiger partial charge on any atom is -0.346 e. The number of hydrogen-bond donors (Lipinski definition) is 1. The Hall–Kier alpha value is -2.76. The van der Waals surface area contributed by atoms with Gasteiger partial charge in [0, 0.05) is 43.5 Å². The van der Waals surface area contributed by atoms with Gasteiger partial charge in [-0.15, -0.1) is 0 Å². The van der Waals surface area contributed by atoms with Crippen LogP contribution in [-0.2, 0) is 22.4 Å². The lowest BCUT2D eigenvalue weighted by Gasteiger charge is -2.31. The number of nitrogens with one attached hydrogen (secondary N) is 1. The van der Waals surface area contributed by atoms with E-state index in [9.17, 15) is 14.0 Å². The molecular weight excluding hydrogens is 357 g/mol. The summed E-state index contributed by atoms with van der Waals surface area (Å²) in [6.07, 6.45) is 4.92. The van der Waals surface area contributed by atoms with Gasteiger partial charge in [0.25, 0.3) is 0 Å². The van der Waals surface area contributed by atoms with E-state index in [1.54, 1.807) is 25.1 Å². The molecule has 2 atom stereocenters. The van der Waals surface area contributed by atoms with E-state index in [0.717, 1.165) is 39.9 Å². The summed E-state index contributed by atoms with van der Waals surface area (Å²) in [5.74, 6) is -0.0325. The first-order chi connectivity index (χ1) is 13.5. The number of carbonyl (C=O) groups is 2. The van der Waals surface area contributed by atoms with Crippen molar-refractivity contribution in [1.82, 2.24) is 10.3 Å². The molecule has 2 aromatic rings. The number of alkyl halides is 1. The number of rotatable bonds is 3. The molecule has 1 aromatic carbocycles. The van der Waals surface area contributed by atoms with E-state index in [1.165, 1.54) is 0 Å². The van der Waals surface area contributed by atoms with Gasteiger partial charge in [-0.2, -0.15) is 0 Å². The van der Waals surface area contributed by atoms with Crippen molar-refractivity contribution in [3.63, 3.8) is 0 Å². The molecule has 1 aliphatic carbocycles. The molecule has 0 fully saturated rings. The highest BCUT2D eigenvalue weighted by molar-refractivity contribution is 5.96. The van der Waals surface area contributed by atoms with Crippen molar-refractivity contribution in [3.05, 3.63) is 47.3 Å². The summed E-state index contributed by atoms with van der Waals surface area (Å²) in [5, 5.41) is 2.82. The molecule has 1 aliphatic heterocycles. The summed E-state index contributed by atoms with van der Waals surface area (Å²) in [6, 6.07) is 5.42. The van der Waals surface area contributed by atoms with Gasteiger partial charge < -0.3 is 10.2 Å². The van der Waals surface area contributed by atoms with E-state index in [-0.39, 0.29) is 11.8 Å². The van der Waals surface area contributed by atoms with Crippen LogP contribution in [0.4, 0.5) is 10.1 Å². The van der Waals surface area contributed by atoms with Crippen molar-refractivity contribution in [1.29, 1.82) is 0 Å². The molecule has 0 saturated heterocycles. The number of aryl methyl sites for hydroxylation is 1. The molecule has 2 amide bonds. The van der Waals surface area contributed by atoms with Crippen LogP contribution in [0.3, 0.4) is 0 Å². The number of pyridine rings is 1. The van der Waals surface area contributed by atoms with Crippen LogP contribution in [0.25, 0.3) is 11.1 Å². The molecule has 6 heteroatoms. The maximum absolute atomic E-state index is 14.6. The second-order valence-electron chi connectivity index (χ2n) is 7.50. The molecule has 0 radical (unpaired) electrons. The first kappa shape index (κ1) is 18.6. The molecule has 2 aliphatic rings. The maximum atomic E-state index is 14.6. The van der Waals surface area contributed by atoms with Crippen molar-refractivity contribution in [3.8, 4) is 11.1 Å². The molecule has 4 rings (SSSR count). The highest BCUT2D eigenvalue weighted by Gasteiger charge is 2.32. The molecule has 0 unspecified atom stereocenters. The molecule has 0 spiro atoms. The molecular formula is C22H24FN3O2. The summed E-state index contributed by atoms with van der Waals surface area (Å²) >= 11 is 0. The molecule has 146 valence electrons. The van der Waals surface area contributed by atoms with Gasteiger partial charge in [-0.25, -0.2) is 4.39 Å². The van der Waals surface area contributed by atoms with E-state index < -0.39 is 12.2 Å². The van der Waals surface area contributed by atoms with E-state index in [1.807, 2.05) is 18.3 Å². The first-order valence-electron chi connectivity index (χ1n) is 9.79. The number of nitrogens with zero attached hydrogens (tertiary/aromatic N) is 2.